The van der Waals surface area contributed by atoms with Crippen molar-refractivity contribution in [3.05, 3.63) is 82.9 Å². The molecule has 15 heteroatoms. The van der Waals surface area contributed by atoms with Gasteiger partial charge in [0.25, 0.3) is 11.9 Å². The number of aromatic nitrogens is 5. The number of hydrogen-bond donors (Lipinski definition) is 4. The van der Waals surface area contributed by atoms with Gasteiger partial charge in [-0.1, -0.05) is 60.0 Å². The van der Waals surface area contributed by atoms with Crippen LogP contribution in [0, 0.1) is 0 Å². The highest BCUT2D eigenvalue weighted by molar-refractivity contribution is 7.23. The fourth-order valence-corrected chi connectivity index (χ4v) is 6.27. The van der Waals surface area contributed by atoms with E-state index in [4.69, 9.17) is 5.73 Å². The molecule has 5 aromatic rings. The first-order valence-corrected chi connectivity index (χ1v) is 15.0. The molecule has 3 aromatic carbocycles. The van der Waals surface area contributed by atoms with E-state index in [1.54, 1.807) is 24.3 Å². The minimum Gasteiger partial charge on any atom is -0.398 e. The fourth-order valence-electron chi connectivity index (χ4n) is 5.41. The predicted octanol–water partition coefficient (Wildman–Crippen LogP) is 6.95. The van der Waals surface area contributed by atoms with E-state index in [9.17, 15) is 22.8 Å². The Morgan fingerprint density at radius 2 is 1.73 bits per heavy atom. The Hall–Kier alpha value is -5.05. The largest absolute Gasteiger partial charge is 0.416 e. The zero-order chi connectivity index (χ0) is 31.6. The Kier molecular flexibility index (Phi) is 8.34. The van der Waals surface area contributed by atoms with E-state index in [1.807, 2.05) is 24.3 Å². The molecular weight excluding hydrogens is 607 g/mol. The van der Waals surface area contributed by atoms with Crippen molar-refractivity contribution in [1.29, 1.82) is 0 Å². The maximum Gasteiger partial charge on any atom is 0.416 e. The van der Waals surface area contributed by atoms with Crippen molar-refractivity contribution in [1.82, 2.24) is 25.6 Å². The van der Waals surface area contributed by atoms with Crippen LogP contribution in [-0.4, -0.2) is 37.5 Å². The van der Waals surface area contributed by atoms with E-state index in [-0.39, 0.29) is 28.8 Å². The molecule has 5 N–H and O–H groups in total. The summed E-state index contributed by atoms with van der Waals surface area (Å²) in [5.41, 5.74) is 7.87. The molecule has 3 amide bonds. The lowest BCUT2D eigenvalue weighted by Crippen LogP contribution is -2.34. The molecule has 1 aliphatic carbocycles. The number of urea groups is 1. The molecule has 2 heterocycles. The van der Waals surface area contributed by atoms with Crippen LogP contribution in [0.2, 0.25) is 0 Å². The normalized spacial score (nSPS) is 13.9. The van der Waals surface area contributed by atoms with Crippen molar-refractivity contribution < 1.29 is 22.8 Å². The van der Waals surface area contributed by atoms with Gasteiger partial charge in [-0.15, -0.1) is 5.10 Å². The van der Waals surface area contributed by atoms with Crippen LogP contribution in [0.4, 0.5) is 40.4 Å². The number of carbonyl (C=O) groups excluding carboxylic acids is 2. The van der Waals surface area contributed by atoms with Gasteiger partial charge in [0, 0.05) is 11.3 Å². The number of nitrogens with two attached hydrogens (primary N) is 1. The summed E-state index contributed by atoms with van der Waals surface area (Å²) >= 11 is 0.995. The summed E-state index contributed by atoms with van der Waals surface area (Å²) in [5, 5.41) is 18.4. The number of carbonyl (C=O) groups is 2. The highest BCUT2D eigenvalue weighted by Crippen LogP contribution is 2.38. The lowest BCUT2D eigenvalue weighted by atomic mass is 9.84. The first kappa shape index (κ1) is 30.0. The number of alkyl halides is 3. The van der Waals surface area contributed by atoms with Crippen molar-refractivity contribution in [3.63, 3.8) is 0 Å². The molecule has 0 bridgehead atoms. The summed E-state index contributed by atoms with van der Waals surface area (Å²) in [7, 11) is 0. The standard InChI is InChI=1S/C30H28F3N9O2S/c31-30(32,33)21-14-23(34)25-24(15-21)35-28(45-25)37-29(44)42(22-12-10-19(11-13-22)18-4-2-1-3-5-18)16-17-6-8-20(9-7-17)26(43)36-27-38-40-41-39-27/h6-15,18H,1-5,16,34H2,(H,35,37,44)(H2,36,38,39,40,41,43). The zero-order valence-corrected chi connectivity index (χ0v) is 24.6. The second-order valence-electron chi connectivity index (χ2n) is 10.8. The van der Waals surface area contributed by atoms with Crippen LogP contribution in [0.15, 0.2) is 60.7 Å². The lowest BCUT2D eigenvalue weighted by Gasteiger charge is -2.25. The summed E-state index contributed by atoms with van der Waals surface area (Å²) in [6, 6.07) is 15.8. The Morgan fingerprint density at radius 3 is 2.40 bits per heavy atom. The number of nitrogens with one attached hydrogen (secondary N) is 3. The Balaban J connectivity index is 1.25. The fraction of sp³-hybridized carbons (Fsp3) is 0.267. The summed E-state index contributed by atoms with van der Waals surface area (Å²) in [6.07, 6.45) is 1.32. The van der Waals surface area contributed by atoms with Gasteiger partial charge in [0.2, 0.25) is 0 Å². The van der Waals surface area contributed by atoms with Crippen molar-refractivity contribution in [2.75, 3.05) is 21.3 Å². The molecular formula is C30H28F3N9O2S. The van der Waals surface area contributed by atoms with Crippen LogP contribution in [-0.2, 0) is 12.7 Å². The molecule has 232 valence electrons. The van der Waals surface area contributed by atoms with Crippen LogP contribution in [0.1, 0.15) is 65.1 Å². The molecule has 2 aromatic heterocycles. The Bertz CT molecular complexity index is 1800. The number of halogens is 3. The van der Waals surface area contributed by atoms with Crippen LogP contribution < -0.4 is 21.3 Å². The van der Waals surface area contributed by atoms with E-state index in [0.29, 0.717) is 21.9 Å². The number of thiazole rings is 1. The van der Waals surface area contributed by atoms with Gasteiger partial charge in [0.15, 0.2) is 5.13 Å². The number of nitrogen functional groups attached to an aromatic ring is 1. The number of fused-ring (bicyclic) bond motifs is 1. The summed E-state index contributed by atoms with van der Waals surface area (Å²) in [4.78, 5) is 32.0. The summed E-state index contributed by atoms with van der Waals surface area (Å²) < 4.78 is 40.3. The molecule has 0 atom stereocenters. The Morgan fingerprint density at radius 1 is 1.00 bits per heavy atom. The monoisotopic (exact) mass is 635 g/mol. The van der Waals surface area contributed by atoms with Crippen molar-refractivity contribution in [2.24, 2.45) is 0 Å². The van der Waals surface area contributed by atoms with Gasteiger partial charge in [-0.2, -0.15) is 18.4 Å². The maximum absolute atomic E-state index is 13.7. The van der Waals surface area contributed by atoms with Crippen molar-refractivity contribution in [3.8, 4) is 0 Å². The number of anilines is 4. The van der Waals surface area contributed by atoms with E-state index >= 15 is 0 Å². The average Bonchev–Trinajstić information content (AvgIpc) is 3.70. The molecule has 1 saturated carbocycles. The number of H-pyrrole nitrogens is 1. The lowest BCUT2D eigenvalue weighted by molar-refractivity contribution is -0.137. The van der Waals surface area contributed by atoms with Crippen LogP contribution >= 0.6 is 11.3 Å². The highest BCUT2D eigenvalue weighted by Gasteiger charge is 2.32. The number of tetrazole rings is 1. The SMILES string of the molecule is Nc1cc(C(F)(F)F)cc2nc(NC(=O)N(Cc3ccc(C(=O)Nc4nn[nH]n4)cc3)c3ccc(C4CCCCC4)cc3)sc12. The van der Waals surface area contributed by atoms with E-state index in [2.05, 4.69) is 36.2 Å². The van der Waals surface area contributed by atoms with E-state index in [0.717, 1.165) is 41.9 Å². The molecule has 0 unspecified atom stereocenters. The van der Waals surface area contributed by atoms with Gasteiger partial charge in [-0.3, -0.25) is 20.3 Å². The average molecular weight is 636 g/mol. The van der Waals surface area contributed by atoms with Gasteiger partial charge in [0.1, 0.15) is 0 Å². The third-order valence-corrected chi connectivity index (χ3v) is 8.75. The second kappa shape index (κ2) is 12.5. The molecule has 0 radical (unpaired) electrons. The zero-order valence-electron chi connectivity index (χ0n) is 23.8. The molecule has 1 fully saturated rings. The molecule has 0 spiro atoms. The number of aromatic amines is 1. The molecule has 0 aliphatic heterocycles. The quantitative estimate of drug-likeness (QED) is 0.141. The van der Waals surface area contributed by atoms with Crippen LogP contribution in [0.3, 0.4) is 0 Å². The van der Waals surface area contributed by atoms with Crippen molar-refractivity contribution in [2.45, 2.75) is 50.7 Å². The minimum atomic E-state index is -4.58. The van der Waals surface area contributed by atoms with E-state index in [1.165, 1.54) is 29.7 Å². The molecule has 0 saturated heterocycles. The topological polar surface area (TPSA) is 155 Å². The third kappa shape index (κ3) is 6.87. The molecule has 1 aliphatic rings. The van der Waals surface area contributed by atoms with Gasteiger partial charge in [-0.05, 0) is 71.5 Å². The van der Waals surface area contributed by atoms with E-state index < -0.39 is 23.7 Å². The number of rotatable bonds is 7. The first-order chi connectivity index (χ1) is 21.6. The molecule has 45 heavy (non-hydrogen) atoms. The number of benzene rings is 3. The minimum absolute atomic E-state index is 0.0369. The van der Waals surface area contributed by atoms with Gasteiger partial charge < -0.3 is 5.73 Å². The summed E-state index contributed by atoms with van der Waals surface area (Å²) in [5.74, 6) is 0.0884. The van der Waals surface area contributed by atoms with Gasteiger partial charge in [-0.25, -0.2) is 9.78 Å². The van der Waals surface area contributed by atoms with Gasteiger partial charge in [0.05, 0.1) is 28.0 Å². The van der Waals surface area contributed by atoms with Gasteiger partial charge >= 0.3 is 12.2 Å². The smallest absolute Gasteiger partial charge is 0.398 e. The number of nitrogens with zero attached hydrogens (tertiary/aromatic N) is 5. The first-order valence-electron chi connectivity index (χ1n) is 14.2. The summed E-state index contributed by atoms with van der Waals surface area (Å²) in [6.45, 7) is 0.132. The Labute approximate surface area is 259 Å². The maximum atomic E-state index is 13.7. The number of amides is 3. The second-order valence-corrected chi connectivity index (χ2v) is 11.8. The number of hydrogen-bond acceptors (Lipinski definition) is 8. The molecule has 11 nitrogen and oxygen atoms in total. The third-order valence-electron chi connectivity index (χ3n) is 7.71. The van der Waals surface area contributed by atoms with Crippen LogP contribution in [0.25, 0.3) is 10.2 Å². The van der Waals surface area contributed by atoms with Crippen molar-refractivity contribution >= 4 is 55.9 Å². The molecule has 6 rings (SSSR count). The predicted molar refractivity (Wildman–Crippen MR) is 165 cm³/mol. The van der Waals surface area contributed by atoms with Crippen LogP contribution in [0.5, 0.6) is 0 Å². The highest BCUT2D eigenvalue weighted by atomic mass is 32.1.